The Labute approximate surface area is 231 Å². The van der Waals surface area contributed by atoms with E-state index in [1.165, 1.54) is 5.57 Å². The van der Waals surface area contributed by atoms with Crippen LogP contribution in [0.15, 0.2) is 23.2 Å². The molecule has 0 saturated carbocycles. The van der Waals surface area contributed by atoms with Crippen LogP contribution in [-0.2, 0) is 19.0 Å². The fourth-order valence-corrected chi connectivity index (χ4v) is 5.43. The number of allylic oxidation sites excluding steroid dienone is 3. The first kappa shape index (κ1) is 32.6. The molecule has 1 aliphatic carbocycles. The molecule has 0 radical (unpaired) electrons. The van der Waals surface area contributed by atoms with Gasteiger partial charge in [0.25, 0.3) is 0 Å². The van der Waals surface area contributed by atoms with Crippen LogP contribution in [0.25, 0.3) is 0 Å². The zero-order chi connectivity index (χ0) is 28.1. The van der Waals surface area contributed by atoms with Crippen molar-refractivity contribution in [2.45, 2.75) is 97.2 Å². The smallest absolute Gasteiger partial charge is 0.223 e. The molecule has 0 bridgehead atoms. The van der Waals surface area contributed by atoms with E-state index in [4.69, 9.17) is 19.9 Å². The van der Waals surface area contributed by atoms with E-state index in [2.05, 4.69) is 30.6 Å². The van der Waals surface area contributed by atoms with Crippen molar-refractivity contribution in [3.63, 3.8) is 0 Å². The summed E-state index contributed by atoms with van der Waals surface area (Å²) in [4.78, 5) is 13.1. The maximum absolute atomic E-state index is 13.1. The number of piperidine rings is 1. The molecule has 1 aliphatic heterocycles. The maximum atomic E-state index is 13.1. The van der Waals surface area contributed by atoms with E-state index in [1.54, 1.807) is 14.2 Å². The van der Waals surface area contributed by atoms with Gasteiger partial charge in [-0.1, -0.05) is 33.3 Å². The molecule has 0 spiro atoms. The number of carbonyl (C=O) groups is 1. The number of nitrogens with one attached hydrogen (secondary N) is 2. The number of hydrogen-bond acceptors (Lipinski definition) is 7. The van der Waals surface area contributed by atoms with Gasteiger partial charge in [-0.25, -0.2) is 0 Å². The quantitative estimate of drug-likeness (QED) is 0.208. The lowest BCUT2D eigenvalue weighted by molar-refractivity contribution is -0.128. The number of aliphatic hydroxyl groups excluding tert-OH is 1. The highest BCUT2D eigenvalue weighted by atomic mass is 16.5. The van der Waals surface area contributed by atoms with Crippen LogP contribution in [0, 0.1) is 23.7 Å². The third kappa shape index (κ3) is 10.9. The van der Waals surface area contributed by atoms with Gasteiger partial charge in [-0.15, -0.1) is 0 Å². The van der Waals surface area contributed by atoms with Crippen molar-refractivity contribution in [3.8, 4) is 0 Å². The molecule has 8 heteroatoms. The van der Waals surface area contributed by atoms with Gasteiger partial charge in [0.05, 0.1) is 19.8 Å². The van der Waals surface area contributed by atoms with Crippen molar-refractivity contribution in [2.75, 3.05) is 40.5 Å². The molecule has 4 atom stereocenters. The average molecular weight is 538 g/mol. The molecular weight excluding hydrogens is 482 g/mol. The summed E-state index contributed by atoms with van der Waals surface area (Å²) >= 11 is 0. The zero-order valence-electron chi connectivity index (χ0n) is 24.8. The van der Waals surface area contributed by atoms with Crippen LogP contribution >= 0.6 is 0 Å². The highest BCUT2D eigenvalue weighted by Gasteiger charge is 2.31. The molecular formula is C30H55N3O5. The minimum absolute atomic E-state index is 0.0460. The summed E-state index contributed by atoms with van der Waals surface area (Å²) in [5.74, 6) is 2.38. The van der Waals surface area contributed by atoms with Gasteiger partial charge in [0.15, 0.2) is 5.76 Å². The van der Waals surface area contributed by atoms with Gasteiger partial charge in [-0.2, -0.15) is 0 Å². The summed E-state index contributed by atoms with van der Waals surface area (Å²) in [6.45, 7) is 11.7. The monoisotopic (exact) mass is 537 g/mol. The van der Waals surface area contributed by atoms with Crippen molar-refractivity contribution in [1.29, 1.82) is 0 Å². The summed E-state index contributed by atoms with van der Waals surface area (Å²) in [5.41, 5.74) is 7.91. The number of hydrogen-bond donors (Lipinski definition) is 4. The molecule has 0 aromatic carbocycles. The van der Waals surface area contributed by atoms with Crippen LogP contribution in [0.4, 0.5) is 0 Å². The zero-order valence-corrected chi connectivity index (χ0v) is 24.8. The molecule has 0 aromatic rings. The normalized spacial score (nSPS) is 20.2. The van der Waals surface area contributed by atoms with E-state index in [-0.39, 0.29) is 29.8 Å². The molecule has 1 saturated heterocycles. The highest BCUT2D eigenvalue weighted by Crippen LogP contribution is 2.33. The van der Waals surface area contributed by atoms with E-state index in [0.717, 1.165) is 63.1 Å². The van der Waals surface area contributed by atoms with Crippen molar-refractivity contribution < 1.29 is 24.1 Å². The lowest BCUT2D eigenvalue weighted by Crippen LogP contribution is -2.47. The first-order chi connectivity index (χ1) is 18.2. The maximum Gasteiger partial charge on any atom is 0.223 e. The Morgan fingerprint density at radius 1 is 1.11 bits per heavy atom. The number of ether oxygens (including phenoxy) is 3. The molecule has 1 fully saturated rings. The van der Waals surface area contributed by atoms with Gasteiger partial charge >= 0.3 is 0 Å². The van der Waals surface area contributed by atoms with E-state index in [0.29, 0.717) is 37.9 Å². The molecule has 2 rings (SSSR count). The Balaban J connectivity index is 1.97. The van der Waals surface area contributed by atoms with Crippen LogP contribution in [0.3, 0.4) is 0 Å². The van der Waals surface area contributed by atoms with Gasteiger partial charge in [-0.3, -0.25) is 4.79 Å². The Kier molecular flexibility index (Phi) is 14.7. The van der Waals surface area contributed by atoms with Crippen LogP contribution < -0.4 is 16.4 Å². The van der Waals surface area contributed by atoms with Crippen molar-refractivity contribution >= 4 is 5.91 Å². The second-order valence-electron chi connectivity index (χ2n) is 11.8. The van der Waals surface area contributed by atoms with Gasteiger partial charge in [0.2, 0.25) is 5.91 Å². The molecule has 8 nitrogen and oxygen atoms in total. The number of carbonyl (C=O) groups excluding carboxylic acids is 1. The Bertz CT molecular complexity index is 761. The number of methoxy groups -OCH3 is 2. The molecule has 0 aromatic heterocycles. The van der Waals surface area contributed by atoms with Crippen molar-refractivity contribution in [3.05, 3.63) is 23.2 Å². The first-order valence-electron chi connectivity index (χ1n) is 14.7. The topological polar surface area (TPSA) is 115 Å². The highest BCUT2D eigenvalue weighted by molar-refractivity contribution is 5.79. The summed E-state index contributed by atoms with van der Waals surface area (Å²) in [7, 11) is 3.39. The SMILES string of the molecule is COCCCOC1=C(OC)CCC(C[C@@H](C[C@H](N)[C@@H](O)C[C@H](C(=O)NC2CCNCC2)C(C)C)C(C)C)=C1. The Morgan fingerprint density at radius 2 is 1.82 bits per heavy atom. The van der Waals surface area contributed by atoms with Crippen LogP contribution in [-0.4, -0.2) is 69.7 Å². The van der Waals surface area contributed by atoms with Crippen molar-refractivity contribution in [1.82, 2.24) is 10.6 Å². The largest absolute Gasteiger partial charge is 0.497 e. The molecule has 5 N–H and O–H groups in total. The molecule has 0 unspecified atom stereocenters. The molecule has 1 amide bonds. The number of nitrogens with two attached hydrogens (primary N) is 1. The molecule has 38 heavy (non-hydrogen) atoms. The predicted octanol–water partition coefficient (Wildman–Crippen LogP) is 3.89. The standard InChI is InChI=1S/C30H55N3O5/c1-20(2)23(16-22-8-9-28(37-6)29(17-22)38-15-7-14-36-5)18-26(31)27(34)19-25(21(3)4)30(35)33-24-10-12-32-13-11-24/h17,20-21,23-27,32,34H,7-16,18-19,31H2,1-6H3,(H,33,35)/t23-,25-,26-,27-/m0/s1. The average Bonchev–Trinajstić information content (AvgIpc) is 2.89. The van der Waals surface area contributed by atoms with Gasteiger partial charge < -0.3 is 35.7 Å². The predicted molar refractivity (Wildman–Crippen MR) is 152 cm³/mol. The van der Waals surface area contributed by atoms with Crippen LogP contribution in [0.2, 0.25) is 0 Å². The Morgan fingerprint density at radius 3 is 2.42 bits per heavy atom. The molecule has 2 aliphatic rings. The van der Waals surface area contributed by atoms with E-state index in [9.17, 15) is 9.90 Å². The lowest BCUT2D eigenvalue weighted by Gasteiger charge is -2.32. The second kappa shape index (κ2) is 17.2. The third-order valence-electron chi connectivity index (χ3n) is 8.14. The van der Waals surface area contributed by atoms with Crippen molar-refractivity contribution in [2.24, 2.45) is 29.4 Å². The third-order valence-corrected chi connectivity index (χ3v) is 8.14. The number of aliphatic hydroxyl groups is 1. The lowest BCUT2D eigenvalue weighted by atomic mass is 9.79. The molecule has 220 valence electrons. The minimum atomic E-state index is -0.720. The van der Waals surface area contributed by atoms with Gasteiger partial charge in [0.1, 0.15) is 5.76 Å². The summed E-state index contributed by atoms with van der Waals surface area (Å²) in [6, 6.07) is -0.166. The second-order valence-corrected chi connectivity index (χ2v) is 11.8. The van der Waals surface area contributed by atoms with Crippen LogP contribution in [0.1, 0.15) is 79.1 Å². The van der Waals surface area contributed by atoms with Gasteiger partial charge in [-0.05, 0) is 75.4 Å². The number of amides is 1. The minimum Gasteiger partial charge on any atom is -0.497 e. The fourth-order valence-electron chi connectivity index (χ4n) is 5.43. The Hall–Kier alpha value is -1.61. The summed E-state index contributed by atoms with van der Waals surface area (Å²) < 4.78 is 16.7. The van der Waals surface area contributed by atoms with E-state index >= 15 is 0 Å². The number of rotatable bonds is 17. The van der Waals surface area contributed by atoms with E-state index in [1.807, 2.05) is 13.8 Å². The summed E-state index contributed by atoms with van der Waals surface area (Å²) in [5, 5.41) is 17.6. The summed E-state index contributed by atoms with van der Waals surface area (Å²) in [6.07, 6.45) is 7.90. The first-order valence-corrected chi connectivity index (χ1v) is 14.7. The van der Waals surface area contributed by atoms with E-state index < -0.39 is 6.10 Å². The van der Waals surface area contributed by atoms with Crippen LogP contribution in [0.5, 0.6) is 0 Å². The molecule has 1 heterocycles. The van der Waals surface area contributed by atoms with Gasteiger partial charge in [0, 0.05) is 44.6 Å². The fraction of sp³-hybridized carbons (Fsp3) is 0.833.